The largest absolute Gasteiger partial charge is 0.417 e. The molecule has 1 N–H and O–H groups in total. The Morgan fingerprint density at radius 1 is 1.19 bits per heavy atom. The second kappa shape index (κ2) is 10.2. The maximum absolute atomic E-state index is 12.8. The Labute approximate surface area is 185 Å². The van der Waals surface area contributed by atoms with Crippen molar-refractivity contribution in [1.29, 1.82) is 0 Å². The first-order valence-electron chi connectivity index (χ1n) is 10.3. The van der Waals surface area contributed by atoms with E-state index in [9.17, 15) is 18.0 Å². The quantitative estimate of drug-likeness (QED) is 0.691. The van der Waals surface area contributed by atoms with Crippen molar-refractivity contribution in [2.45, 2.75) is 38.4 Å². The maximum Gasteiger partial charge on any atom is 0.417 e. The van der Waals surface area contributed by atoms with Gasteiger partial charge in [0, 0.05) is 38.4 Å². The van der Waals surface area contributed by atoms with Crippen LogP contribution >= 0.6 is 11.6 Å². The van der Waals surface area contributed by atoms with E-state index in [1.54, 1.807) is 4.90 Å². The highest BCUT2D eigenvalue weighted by molar-refractivity contribution is 6.33. The normalized spacial score (nSPS) is 16.0. The molecule has 1 aliphatic rings. The number of carbonyl (C=O) groups is 1. The van der Waals surface area contributed by atoms with Gasteiger partial charge < -0.3 is 15.1 Å². The van der Waals surface area contributed by atoms with E-state index < -0.39 is 11.7 Å². The average molecular weight is 455 g/mol. The molecule has 1 atom stereocenters. The smallest absolute Gasteiger partial charge is 0.354 e. The Bertz CT molecular complexity index is 879. The van der Waals surface area contributed by atoms with E-state index in [0.29, 0.717) is 38.4 Å². The molecule has 1 aromatic heterocycles. The number of halogens is 4. The summed E-state index contributed by atoms with van der Waals surface area (Å²) in [6, 6.07) is 10.9. The predicted molar refractivity (Wildman–Crippen MR) is 115 cm³/mol. The molecule has 1 aromatic carbocycles. The number of hydrogen-bond donors (Lipinski definition) is 1. The fourth-order valence-corrected chi connectivity index (χ4v) is 3.84. The van der Waals surface area contributed by atoms with E-state index >= 15 is 0 Å². The molecule has 1 saturated heterocycles. The van der Waals surface area contributed by atoms with E-state index in [4.69, 9.17) is 11.6 Å². The molecule has 2 heterocycles. The summed E-state index contributed by atoms with van der Waals surface area (Å²) >= 11 is 6.08. The van der Waals surface area contributed by atoms with Gasteiger partial charge in [0.15, 0.2) is 0 Å². The first-order valence-corrected chi connectivity index (χ1v) is 10.7. The van der Waals surface area contributed by atoms with Crippen LogP contribution in [-0.4, -0.2) is 48.1 Å². The number of nitrogens with one attached hydrogen (secondary N) is 1. The fraction of sp³-hybridized carbons (Fsp3) is 0.455. The molecule has 1 fully saturated rings. The van der Waals surface area contributed by atoms with Gasteiger partial charge in [-0.25, -0.2) is 9.78 Å². The molecule has 1 aliphatic heterocycles. The molecule has 0 aliphatic carbocycles. The Balaban J connectivity index is 1.53. The van der Waals surface area contributed by atoms with Crippen molar-refractivity contribution in [3.63, 3.8) is 0 Å². The monoisotopic (exact) mass is 454 g/mol. The molecule has 31 heavy (non-hydrogen) atoms. The Morgan fingerprint density at radius 3 is 2.61 bits per heavy atom. The Kier molecular flexibility index (Phi) is 7.64. The summed E-state index contributed by atoms with van der Waals surface area (Å²) < 4.78 is 38.5. The zero-order valence-corrected chi connectivity index (χ0v) is 18.1. The third-order valence-electron chi connectivity index (χ3n) is 5.31. The summed E-state index contributed by atoms with van der Waals surface area (Å²) in [7, 11) is 0. The molecule has 2 amide bonds. The number of alkyl halides is 3. The van der Waals surface area contributed by atoms with Gasteiger partial charge in [0.25, 0.3) is 0 Å². The standard InChI is InChI=1S/C22H26ClF3N4O/c1-16(8-9-17-6-3-2-4-7-17)28-21(31)30-11-5-10-29(12-13-30)20-19(23)14-18(15-27-20)22(24,25)26/h2-4,6-7,14-16H,5,8-13H2,1H3,(H,28,31)/t16-/m1/s1. The maximum atomic E-state index is 12.8. The zero-order chi connectivity index (χ0) is 22.4. The van der Waals surface area contributed by atoms with Gasteiger partial charge in [0.05, 0.1) is 10.6 Å². The van der Waals surface area contributed by atoms with Crippen LogP contribution in [0.1, 0.15) is 30.9 Å². The fourth-order valence-electron chi connectivity index (χ4n) is 3.55. The van der Waals surface area contributed by atoms with Crippen LogP contribution in [0, 0.1) is 0 Å². The second-order valence-corrected chi connectivity index (χ2v) is 8.14. The van der Waals surface area contributed by atoms with Crippen LogP contribution < -0.4 is 10.2 Å². The number of hydrogen-bond acceptors (Lipinski definition) is 3. The van der Waals surface area contributed by atoms with E-state index in [-0.39, 0.29) is 17.1 Å². The van der Waals surface area contributed by atoms with Gasteiger partial charge in [-0.3, -0.25) is 0 Å². The number of urea groups is 1. The number of benzene rings is 1. The van der Waals surface area contributed by atoms with Gasteiger partial charge in [-0.15, -0.1) is 0 Å². The number of aryl methyl sites for hydroxylation is 1. The second-order valence-electron chi connectivity index (χ2n) is 7.73. The minimum absolute atomic E-state index is 0.0260. The van der Waals surface area contributed by atoms with Crippen LogP contribution in [0.2, 0.25) is 5.02 Å². The highest BCUT2D eigenvalue weighted by atomic mass is 35.5. The summed E-state index contributed by atoms with van der Waals surface area (Å²) in [4.78, 5) is 20.2. The summed E-state index contributed by atoms with van der Waals surface area (Å²) in [6.07, 6.45) is -1.30. The number of aromatic nitrogens is 1. The van der Waals surface area contributed by atoms with Crippen molar-refractivity contribution in [2.24, 2.45) is 0 Å². The lowest BCUT2D eigenvalue weighted by molar-refractivity contribution is -0.137. The lowest BCUT2D eigenvalue weighted by Gasteiger charge is -2.25. The van der Waals surface area contributed by atoms with E-state index in [0.717, 1.165) is 25.1 Å². The van der Waals surface area contributed by atoms with Gasteiger partial charge in [-0.2, -0.15) is 13.2 Å². The number of amides is 2. The number of pyridine rings is 1. The lowest BCUT2D eigenvalue weighted by Crippen LogP contribution is -2.45. The first-order chi connectivity index (χ1) is 14.7. The van der Waals surface area contributed by atoms with Crippen molar-refractivity contribution in [1.82, 2.24) is 15.2 Å². The third kappa shape index (κ3) is 6.50. The topological polar surface area (TPSA) is 48.5 Å². The van der Waals surface area contributed by atoms with Crippen molar-refractivity contribution in [3.05, 3.63) is 58.7 Å². The molecule has 9 heteroatoms. The number of carbonyl (C=O) groups excluding carboxylic acids is 1. The molecular weight excluding hydrogens is 429 g/mol. The molecule has 0 saturated carbocycles. The van der Waals surface area contributed by atoms with Gasteiger partial charge in [-0.05, 0) is 37.8 Å². The minimum atomic E-state index is -4.49. The van der Waals surface area contributed by atoms with Crippen molar-refractivity contribution < 1.29 is 18.0 Å². The predicted octanol–water partition coefficient (Wildman–Crippen LogP) is 5.00. The summed E-state index contributed by atoms with van der Waals surface area (Å²) in [5.74, 6) is 0.313. The molecule has 168 valence electrons. The molecule has 3 rings (SSSR count). The Morgan fingerprint density at radius 2 is 1.94 bits per heavy atom. The van der Waals surface area contributed by atoms with Crippen molar-refractivity contribution in [3.8, 4) is 0 Å². The van der Waals surface area contributed by atoms with Crippen LogP contribution in [0.5, 0.6) is 0 Å². The highest BCUT2D eigenvalue weighted by Crippen LogP contribution is 2.33. The van der Waals surface area contributed by atoms with Crippen LogP contribution in [-0.2, 0) is 12.6 Å². The molecular formula is C22H26ClF3N4O. The van der Waals surface area contributed by atoms with E-state index in [2.05, 4.69) is 22.4 Å². The van der Waals surface area contributed by atoms with Crippen LogP contribution in [0.25, 0.3) is 0 Å². The molecule has 2 aromatic rings. The van der Waals surface area contributed by atoms with Crippen LogP contribution in [0.4, 0.5) is 23.8 Å². The van der Waals surface area contributed by atoms with Crippen molar-refractivity contribution >= 4 is 23.4 Å². The third-order valence-corrected chi connectivity index (χ3v) is 5.59. The van der Waals surface area contributed by atoms with Gasteiger partial charge >= 0.3 is 12.2 Å². The van der Waals surface area contributed by atoms with E-state index in [1.165, 1.54) is 5.56 Å². The zero-order valence-electron chi connectivity index (χ0n) is 17.3. The summed E-state index contributed by atoms with van der Waals surface area (Å²) in [6.45, 7) is 3.99. The van der Waals surface area contributed by atoms with Gasteiger partial charge in [0.2, 0.25) is 0 Å². The minimum Gasteiger partial charge on any atom is -0.354 e. The average Bonchev–Trinajstić information content (AvgIpc) is 2.98. The first kappa shape index (κ1) is 23.2. The van der Waals surface area contributed by atoms with Crippen LogP contribution in [0.3, 0.4) is 0 Å². The van der Waals surface area contributed by atoms with Crippen LogP contribution in [0.15, 0.2) is 42.6 Å². The molecule has 0 spiro atoms. The van der Waals surface area contributed by atoms with Crippen molar-refractivity contribution in [2.75, 3.05) is 31.1 Å². The summed E-state index contributed by atoms with van der Waals surface area (Å²) in [5, 5.41) is 3.00. The molecule has 5 nitrogen and oxygen atoms in total. The number of nitrogens with zero attached hydrogens (tertiary/aromatic N) is 3. The molecule has 0 unspecified atom stereocenters. The Hall–Kier alpha value is -2.48. The van der Waals surface area contributed by atoms with Gasteiger partial charge in [-0.1, -0.05) is 41.9 Å². The molecule has 0 radical (unpaired) electrons. The number of rotatable bonds is 5. The summed E-state index contributed by atoms with van der Waals surface area (Å²) in [5.41, 5.74) is 0.358. The number of anilines is 1. The van der Waals surface area contributed by atoms with Gasteiger partial charge in [0.1, 0.15) is 5.82 Å². The SMILES string of the molecule is C[C@H](CCc1ccccc1)NC(=O)N1CCCN(c2ncc(C(F)(F)F)cc2Cl)CC1. The van der Waals surface area contributed by atoms with E-state index in [1.807, 2.05) is 30.0 Å². The molecule has 0 bridgehead atoms. The highest BCUT2D eigenvalue weighted by Gasteiger charge is 2.32. The lowest BCUT2D eigenvalue weighted by atomic mass is 10.1.